The molecule has 0 radical (unpaired) electrons. The number of benzene rings is 3. The second-order valence-corrected chi connectivity index (χ2v) is 7.41. The molecule has 31 heavy (non-hydrogen) atoms. The molecule has 5 nitrogen and oxygen atoms in total. The maximum absolute atomic E-state index is 12.2. The summed E-state index contributed by atoms with van der Waals surface area (Å²) in [6.07, 6.45) is 0. The van der Waals surface area contributed by atoms with Gasteiger partial charge in [0, 0.05) is 24.1 Å². The lowest BCUT2D eigenvalue weighted by atomic mass is 10.0. The number of ether oxygens (including phenoxy) is 1. The smallest absolute Gasteiger partial charge is 0.336 e. The van der Waals surface area contributed by atoms with E-state index in [2.05, 4.69) is 12.2 Å². The van der Waals surface area contributed by atoms with Gasteiger partial charge in [0.1, 0.15) is 11.3 Å². The molecule has 4 rings (SSSR count). The number of amides is 1. The third-order valence-electron chi connectivity index (χ3n) is 5.14. The van der Waals surface area contributed by atoms with E-state index in [1.165, 1.54) is 11.6 Å². The molecule has 3 aromatic carbocycles. The minimum absolute atomic E-state index is 0.115. The molecule has 0 saturated carbocycles. The Morgan fingerprint density at radius 3 is 2.42 bits per heavy atom. The molecule has 0 saturated heterocycles. The van der Waals surface area contributed by atoms with E-state index >= 15 is 0 Å². The van der Waals surface area contributed by atoms with Crippen LogP contribution in [-0.2, 0) is 4.79 Å². The monoisotopic (exact) mass is 413 g/mol. The summed E-state index contributed by atoms with van der Waals surface area (Å²) in [7, 11) is 0. The van der Waals surface area contributed by atoms with Gasteiger partial charge >= 0.3 is 5.63 Å². The summed E-state index contributed by atoms with van der Waals surface area (Å²) < 4.78 is 11.0. The molecule has 156 valence electrons. The molecular weight excluding hydrogens is 390 g/mol. The second-order valence-electron chi connectivity index (χ2n) is 7.41. The van der Waals surface area contributed by atoms with Crippen molar-refractivity contribution < 1.29 is 13.9 Å². The molecule has 0 fully saturated rings. The SMILES string of the molecule is C[C@@H](CNC(=O)COc1ccc2c(-c3ccccc3)cc(=O)oc2c1)c1ccccc1. The molecule has 0 aliphatic rings. The lowest BCUT2D eigenvalue weighted by Crippen LogP contribution is -2.31. The third-order valence-corrected chi connectivity index (χ3v) is 5.14. The molecular formula is C26H23NO4. The van der Waals surface area contributed by atoms with Crippen molar-refractivity contribution in [3.05, 3.63) is 101 Å². The van der Waals surface area contributed by atoms with E-state index in [-0.39, 0.29) is 18.4 Å². The summed E-state index contributed by atoms with van der Waals surface area (Å²) in [5.41, 5.74) is 2.88. The van der Waals surface area contributed by atoms with E-state index in [4.69, 9.17) is 9.15 Å². The number of hydrogen-bond donors (Lipinski definition) is 1. The van der Waals surface area contributed by atoms with Gasteiger partial charge in [0.05, 0.1) is 0 Å². The largest absolute Gasteiger partial charge is 0.484 e. The van der Waals surface area contributed by atoms with Crippen LogP contribution >= 0.6 is 0 Å². The third kappa shape index (κ3) is 5.01. The van der Waals surface area contributed by atoms with Crippen LogP contribution in [0.5, 0.6) is 5.75 Å². The average molecular weight is 413 g/mol. The van der Waals surface area contributed by atoms with E-state index in [1.807, 2.05) is 66.7 Å². The van der Waals surface area contributed by atoms with Crippen LogP contribution in [0.3, 0.4) is 0 Å². The Morgan fingerprint density at radius 2 is 1.68 bits per heavy atom. The van der Waals surface area contributed by atoms with Gasteiger partial charge in [-0.1, -0.05) is 67.6 Å². The minimum Gasteiger partial charge on any atom is -0.484 e. The lowest BCUT2D eigenvalue weighted by Gasteiger charge is -2.13. The minimum atomic E-state index is -0.434. The molecule has 4 aromatic rings. The van der Waals surface area contributed by atoms with Crippen LogP contribution in [0.25, 0.3) is 22.1 Å². The Balaban J connectivity index is 1.42. The molecule has 0 bridgehead atoms. The first-order valence-corrected chi connectivity index (χ1v) is 10.2. The summed E-state index contributed by atoms with van der Waals surface area (Å²) in [5, 5.41) is 3.70. The molecule has 1 N–H and O–H groups in total. The van der Waals surface area contributed by atoms with Crippen molar-refractivity contribution >= 4 is 16.9 Å². The van der Waals surface area contributed by atoms with Crippen LogP contribution in [-0.4, -0.2) is 19.1 Å². The van der Waals surface area contributed by atoms with Crippen molar-refractivity contribution in [1.29, 1.82) is 0 Å². The van der Waals surface area contributed by atoms with E-state index in [1.54, 1.807) is 12.1 Å². The first-order chi connectivity index (χ1) is 15.1. The zero-order valence-corrected chi connectivity index (χ0v) is 17.2. The van der Waals surface area contributed by atoms with Gasteiger partial charge in [-0.25, -0.2) is 4.79 Å². The lowest BCUT2D eigenvalue weighted by molar-refractivity contribution is -0.123. The Labute approximate surface area is 180 Å². The zero-order chi connectivity index (χ0) is 21.6. The number of carbonyl (C=O) groups excluding carboxylic acids is 1. The fraction of sp³-hybridized carbons (Fsp3) is 0.154. The standard InChI is InChI=1S/C26H23NO4/c1-18(19-8-4-2-5-9-19)16-27-25(28)17-30-21-12-13-22-23(20-10-6-3-7-11-20)15-26(29)31-24(22)14-21/h2-15,18H,16-17H2,1H3,(H,27,28)/t18-/m0/s1. The Kier molecular flexibility index (Phi) is 6.13. The van der Waals surface area contributed by atoms with Gasteiger partial charge < -0.3 is 14.5 Å². The second kappa shape index (κ2) is 9.30. The number of carbonyl (C=O) groups is 1. The first kappa shape index (κ1) is 20.4. The van der Waals surface area contributed by atoms with Gasteiger partial charge in [-0.3, -0.25) is 4.79 Å². The van der Waals surface area contributed by atoms with E-state index < -0.39 is 5.63 Å². The van der Waals surface area contributed by atoms with Crippen molar-refractivity contribution in [1.82, 2.24) is 5.32 Å². The van der Waals surface area contributed by atoms with Crippen molar-refractivity contribution in [3.63, 3.8) is 0 Å². The van der Waals surface area contributed by atoms with Gasteiger partial charge in [-0.05, 0) is 34.7 Å². The molecule has 0 aliphatic heterocycles. The number of rotatable bonds is 7. The van der Waals surface area contributed by atoms with E-state index in [0.717, 1.165) is 16.5 Å². The highest BCUT2D eigenvalue weighted by molar-refractivity contribution is 5.93. The molecule has 0 unspecified atom stereocenters. The number of nitrogens with one attached hydrogen (secondary N) is 1. The van der Waals surface area contributed by atoms with Gasteiger partial charge in [0.2, 0.25) is 0 Å². The van der Waals surface area contributed by atoms with Crippen LogP contribution in [0.4, 0.5) is 0 Å². The Morgan fingerprint density at radius 1 is 0.968 bits per heavy atom. The predicted octanol–water partition coefficient (Wildman–Crippen LogP) is 4.76. The topological polar surface area (TPSA) is 68.5 Å². The molecule has 5 heteroatoms. The normalized spacial score (nSPS) is 11.8. The van der Waals surface area contributed by atoms with Crippen LogP contribution in [0, 0.1) is 0 Å². The van der Waals surface area contributed by atoms with Crippen LogP contribution in [0.1, 0.15) is 18.4 Å². The summed E-state index contributed by atoms with van der Waals surface area (Å²) in [5.74, 6) is 0.464. The fourth-order valence-electron chi connectivity index (χ4n) is 3.46. The Bertz CT molecular complexity index is 1230. The van der Waals surface area contributed by atoms with Crippen molar-refractivity contribution in [3.8, 4) is 16.9 Å². The van der Waals surface area contributed by atoms with Crippen LogP contribution in [0.15, 0.2) is 94.1 Å². The zero-order valence-electron chi connectivity index (χ0n) is 17.2. The highest BCUT2D eigenvalue weighted by Gasteiger charge is 2.11. The van der Waals surface area contributed by atoms with E-state index in [0.29, 0.717) is 17.9 Å². The molecule has 1 heterocycles. The average Bonchev–Trinajstić information content (AvgIpc) is 2.81. The van der Waals surface area contributed by atoms with Gasteiger partial charge in [0.25, 0.3) is 5.91 Å². The van der Waals surface area contributed by atoms with Crippen LogP contribution < -0.4 is 15.7 Å². The summed E-state index contributed by atoms with van der Waals surface area (Å²) in [6, 6.07) is 26.4. The maximum atomic E-state index is 12.2. The van der Waals surface area contributed by atoms with Crippen molar-refractivity contribution in [2.45, 2.75) is 12.8 Å². The summed E-state index contributed by atoms with van der Waals surface area (Å²) >= 11 is 0. The Hall–Kier alpha value is -3.86. The molecule has 1 amide bonds. The summed E-state index contributed by atoms with van der Waals surface area (Å²) in [4.78, 5) is 24.2. The molecule has 1 aromatic heterocycles. The van der Waals surface area contributed by atoms with Crippen molar-refractivity contribution in [2.75, 3.05) is 13.2 Å². The molecule has 1 atom stereocenters. The molecule has 0 aliphatic carbocycles. The highest BCUT2D eigenvalue weighted by Crippen LogP contribution is 2.29. The van der Waals surface area contributed by atoms with Gasteiger partial charge in [-0.15, -0.1) is 0 Å². The fourth-order valence-corrected chi connectivity index (χ4v) is 3.46. The predicted molar refractivity (Wildman–Crippen MR) is 121 cm³/mol. The molecule has 0 spiro atoms. The number of hydrogen-bond acceptors (Lipinski definition) is 4. The van der Waals surface area contributed by atoms with Gasteiger partial charge in [0.15, 0.2) is 6.61 Å². The van der Waals surface area contributed by atoms with E-state index in [9.17, 15) is 9.59 Å². The van der Waals surface area contributed by atoms with Crippen LogP contribution in [0.2, 0.25) is 0 Å². The first-order valence-electron chi connectivity index (χ1n) is 10.2. The summed E-state index contributed by atoms with van der Waals surface area (Å²) in [6.45, 7) is 2.47. The maximum Gasteiger partial charge on any atom is 0.336 e. The quantitative estimate of drug-likeness (QED) is 0.444. The highest BCUT2D eigenvalue weighted by atomic mass is 16.5. The van der Waals surface area contributed by atoms with Gasteiger partial charge in [-0.2, -0.15) is 0 Å². The number of fused-ring (bicyclic) bond motifs is 1. The van der Waals surface area contributed by atoms with Crippen molar-refractivity contribution in [2.24, 2.45) is 0 Å².